The van der Waals surface area contributed by atoms with Crippen LogP contribution in [0.2, 0.25) is 0 Å². The third kappa shape index (κ3) is 3.11. The second kappa shape index (κ2) is 5.69. The number of hydrogen-bond acceptors (Lipinski definition) is 5. The van der Waals surface area contributed by atoms with Crippen molar-refractivity contribution in [2.75, 3.05) is 32.5 Å². The van der Waals surface area contributed by atoms with E-state index in [1.807, 2.05) is 0 Å². The van der Waals surface area contributed by atoms with E-state index in [2.05, 4.69) is 23.0 Å². The second-order valence-corrected chi connectivity index (χ2v) is 4.77. The van der Waals surface area contributed by atoms with Gasteiger partial charge in [-0.15, -0.1) is 0 Å². The summed E-state index contributed by atoms with van der Waals surface area (Å²) in [7, 11) is 2.13. The van der Waals surface area contributed by atoms with E-state index in [-0.39, 0.29) is 0 Å². The first-order valence-electron chi connectivity index (χ1n) is 6.16. The van der Waals surface area contributed by atoms with E-state index in [1.54, 1.807) is 6.07 Å². The molecule has 1 fully saturated rings. The van der Waals surface area contributed by atoms with Crippen molar-refractivity contribution in [2.45, 2.75) is 12.8 Å². The zero-order valence-corrected chi connectivity index (χ0v) is 10.6. The Kier molecular flexibility index (Phi) is 4.00. The van der Waals surface area contributed by atoms with Gasteiger partial charge in [-0.3, -0.25) is 0 Å². The topological polar surface area (TPSA) is 75.2 Å². The predicted molar refractivity (Wildman–Crippen MR) is 69.1 cm³/mol. The summed E-state index contributed by atoms with van der Waals surface area (Å²) in [6.07, 6.45) is 3.73. The summed E-state index contributed by atoms with van der Waals surface area (Å²) in [6, 6.07) is 3.68. The molecule has 96 valence electrons. The van der Waals surface area contributed by atoms with Gasteiger partial charge in [0.05, 0.1) is 12.8 Å². The van der Waals surface area contributed by atoms with Gasteiger partial charge in [0.1, 0.15) is 23.2 Å². The number of hydrogen-bond donors (Lipinski definition) is 1. The minimum atomic E-state index is 0.382. The summed E-state index contributed by atoms with van der Waals surface area (Å²) in [4.78, 5) is 6.20. The Hall–Kier alpha value is -1.80. The molecule has 18 heavy (non-hydrogen) atoms. The molecule has 1 aromatic rings. The molecule has 0 aromatic carbocycles. The molecule has 0 aliphatic carbocycles. The average Bonchev–Trinajstić information content (AvgIpc) is 2.38. The summed E-state index contributed by atoms with van der Waals surface area (Å²) in [5.74, 6) is 1.48. The number of aromatic nitrogens is 1. The fraction of sp³-hybridized carbons (Fsp3) is 0.538. The predicted octanol–water partition coefficient (Wildman–Crippen LogP) is 1.26. The second-order valence-electron chi connectivity index (χ2n) is 4.77. The van der Waals surface area contributed by atoms with Crippen molar-refractivity contribution in [3.8, 4) is 11.8 Å². The van der Waals surface area contributed by atoms with E-state index in [1.165, 1.54) is 6.20 Å². The molecule has 0 spiro atoms. The number of pyridine rings is 1. The Morgan fingerprint density at radius 2 is 2.28 bits per heavy atom. The highest BCUT2D eigenvalue weighted by Crippen LogP contribution is 2.22. The number of nitrogens with zero attached hydrogens (tertiary/aromatic N) is 3. The van der Waals surface area contributed by atoms with E-state index in [0.29, 0.717) is 29.7 Å². The van der Waals surface area contributed by atoms with Gasteiger partial charge in [0.25, 0.3) is 0 Å². The van der Waals surface area contributed by atoms with Crippen LogP contribution in [0.4, 0.5) is 5.82 Å². The zero-order valence-electron chi connectivity index (χ0n) is 10.6. The Balaban J connectivity index is 1.94. The minimum absolute atomic E-state index is 0.382. The number of nitrogens with two attached hydrogens (primary N) is 1. The molecule has 1 aliphatic heterocycles. The molecule has 0 saturated carbocycles. The standard InChI is InChI=1S/C13H18N4O/c1-17-4-2-10(3-5-17)9-18-12-6-13(15)16-8-11(12)7-14/h6,8,10H,2-5,9H2,1H3,(H2,15,16). The molecular weight excluding hydrogens is 228 g/mol. The van der Waals surface area contributed by atoms with Gasteiger partial charge in [-0.2, -0.15) is 5.26 Å². The maximum absolute atomic E-state index is 8.96. The summed E-state index contributed by atoms with van der Waals surface area (Å²) in [6.45, 7) is 2.86. The maximum atomic E-state index is 8.96. The van der Waals surface area contributed by atoms with Crippen LogP contribution in [0.5, 0.6) is 5.75 Å². The van der Waals surface area contributed by atoms with Gasteiger partial charge in [-0.1, -0.05) is 0 Å². The monoisotopic (exact) mass is 246 g/mol. The van der Waals surface area contributed by atoms with Gasteiger partial charge in [0.15, 0.2) is 0 Å². The van der Waals surface area contributed by atoms with Crippen LogP contribution in [0.3, 0.4) is 0 Å². The minimum Gasteiger partial charge on any atom is -0.492 e. The van der Waals surface area contributed by atoms with Crippen LogP contribution in [0.1, 0.15) is 18.4 Å². The van der Waals surface area contributed by atoms with Gasteiger partial charge >= 0.3 is 0 Å². The van der Waals surface area contributed by atoms with Crippen LogP contribution in [0, 0.1) is 17.2 Å². The van der Waals surface area contributed by atoms with E-state index >= 15 is 0 Å². The molecule has 5 nitrogen and oxygen atoms in total. The van der Waals surface area contributed by atoms with Crippen molar-refractivity contribution in [3.05, 3.63) is 17.8 Å². The van der Waals surface area contributed by atoms with Crippen LogP contribution in [-0.2, 0) is 0 Å². The number of piperidine rings is 1. The quantitative estimate of drug-likeness (QED) is 0.868. The molecule has 0 unspecified atom stereocenters. The van der Waals surface area contributed by atoms with E-state index in [9.17, 15) is 0 Å². The van der Waals surface area contributed by atoms with Gasteiger partial charge < -0.3 is 15.4 Å². The molecule has 2 rings (SSSR count). The summed E-state index contributed by atoms with van der Waals surface area (Å²) >= 11 is 0. The molecule has 5 heteroatoms. The Morgan fingerprint density at radius 3 is 2.94 bits per heavy atom. The van der Waals surface area contributed by atoms with Crippen LogP contribution in [0.25, 0.3) is 0 Å². The van der Waals surface area contributed by atoms with Gasteiger partial charge in [-0.05, 0) is 38.9 Å². The lowest BCUT2D eigenvalue weighted by Crippen LogP contribution is -2.32. The van der Waals surface area contributed by atoms with E-state index in [4.69, 9.17) is 15.7 Å². The lowest BCUT2D eigenvalue weighted by Gasteiger charge is -2.28. The lowest BCUT2D eigenvalue weighted by atomic mass is 9.98. The first kappa shape index (κ1) is 12.7. The first-order valence-corrected chi connectivity index (χ1v) is 6.16. The van der Waals surface area contributed by atoms with E-state index < -0.39 is 0 Å². The molecule has 2 N–H and O–H groups in total. The molecule has 0 amide bonds. The highest BCUT2D eigenvalue weighted by atomic mass is 16.5. The Bertz CT molecular complexity index is 447. The van der Waals surface area contributed by atoms with E-state index in [0.717, 1.165) is 25.9 Å². The molecule has 1 aliphatic rings. The van der Waals surface area contributed by atoms with Crippen molar-refractivity contribution in [1.29, 1.82) is 5.26 Å². The molecular formula is C13H18N4O. The number of anilines is 1. The zero-order chi connectivity index (χ0) is 13.0. The molecule has 0 radical (unpaired) electrons. The third-order valence-electron chi connectivity index (χ3n) is 3.32. The molecule has 0 atom stereocenters. The largest absolute Gasteiger partial charge is 0.492 e. The summed E-state index contributed by atoms with van der Waals surface area (Å²) in [5, 5.41) is 8.96. The molecule has 2 heterocycles. The normalized spacial score (nSPS) is 17.3. The number of nitriles is 1. The fourth-order valence-corrected chi connectivity index (χ4v) is 2.09. The van der Waals surface area contributed by atoms with Crippen LogP contribution >= 0.6 is 0 Å². The Morgan fingerprint density at radius 1 is 1.56 bits per heavy atom. The van der Waals surface area contributed by atoms with Crippen LogP contribution < -0.4 is 10.5 Å². The summed E-state index contributed by atoms with van der Waals surface area (Å²) in [5.41, 5.74) is 6.04. The molecule has 0 bridgehead atoms. The highest BCUT2D eigenvalue weighted by molar-refractivity contribution is 5.47. The number of rotatable bonds is 3. The van der Waals surface area contributed by atoms with Gasteiger partial charge in [-0.25, -0.2) is 4.98 Å². The van der Waals surface area contributed by atoms with Crippen molar-refractivity contribution in [3.63, 3.8) is 0 Å². The fourth-order valence-electron chi connectivity index (χ4n) is 2.09. The smallest absolute Gasteiger partial charge is 0.142 e. The third-order valence-corrected chi connectivity index (χ3v) is 3.32. The number of ether oxygens (including phenoxy) is 1. The average molecular weight is 246 g/mol. The van der Waals surface area contributed by atoms with Crippen molar-refractivity contribution in [2.24, 2.45) is 5.92 Å². The SMILES string of the molecule is CN1CCC(COc2cc(N)ncc2C#N)CC1. The van der Waals surface area contributed by atoms with Crippen molar-refractivity contribution in [1.82, 2.24) is 9.88 Å². The highest BCUT2D eigenvalue weighted by Gasteiger charge is 2.17. The Labute approximate surface area is 107 Å². The summed E-state index contributed by atoms with van der Waals surface area (Å²) < 4.78 is 5.72. The molecule has 1 saturated heterocycles. The number of nitrogen functional groups attached to an aromatic ring is 1. The van der Waals surface area contributed by atoms with Crippen LogP contribution in [0.15, 0.2) is 12.3 Å². The molecule has 1 aromatic heterocycles. The van der Waals surface area contributed by atoms with Crippen molar-refractivity contribution < 1.29 is 4.74 Å². The van der Waals surface area contributed by atoms with Gasteiger partial charge in [0.2, 0.25) is 0 Å². The first-order chi connectivity index (χ1) is 8.69. The maximum Gasteiger partial charge on any atom is 0.142 e. The van der Waals surface area contributed by atoms with Gasteiger partial charge in [0, 0.05) is 6.07 Å². The van der Waals surface area contributed by atoms with Crippen molar-refractivity contribution >= 4 is 5.82 Å². The lowest BCUT2D eigenvalue weighted by molar-refractivity contribution is 0.160. The van der Waals surface area contributed by atoms with Crippen LogP contribution in [-0.4, -0.2) is 36.6 Å². The number of likely N-dealkylation sites (tertiary alicyclic amines) is 1.